The molecule has 106 heavy (non-hydrogen) atoms. The van der Waals surface area contributed by atoms with E-state index in [-0.39, 0.29) is 22.8 Å². The van der Waals surface area contributed by atoms with E-state index >= 15 is 26.3 Å². The van der Waals surface area contributed by atoms with Crippen LogP contribution in [0.1, 0.15) is 16.7 Å². The van der Waals surface area contributed by atoms with Gasteiger partial charge in [-0.1, -0.05) is 152 Å². The molecule has 0 aliphatic heterocycles. The Morgan fingerprint density at radius 3 is 0.745 bits per heavy atom. The zero-order chi connectivity index (χ0) is 71.0. The van der Waals surface area contributed by atoms with Crippen LogP contribution in [0.2, 0.25) is 0 Å². The quantitative estimate of drug-likeness (QED) is 0.140. The second-order valence-electron chi connectivity index (χ2n) is 27.3. The fourth-order valence-corrected chi connectivity index (χ4v) is 17.1. The minimum absolute atomic E-state index is 0.0839. The standard InChI is InChI=1S/C93H53F6N7/c94-92(95,96)58-46-57(47-59(49-58)93(97,98)99)56-34-40-87(106-90-43-37-62(103-82-29-13-5-21-68(82)69-22-6-14-30-83(69)103)52-76(90)77-53-63(38-44-91(77)106)104-84-31-15-7-23-70(84)71-24-8-16-32-85(71)104)73(48-56)72-45-55(54-100)33-39-86(72)105-88-41-35-60(101-78-25-9-1-17-64(78)65-18-2-10-26-79(65)101)50-74(88)75-51-61(36-42-89(75)105)102-80-27-11-3-19-66(80)67-20-4-12-28-81(67)102/h1-53H. The van der Waals surface area contributed by atoms with Crippen molar-refractivity contribution in [3.63, 3.8) is 0 Å². The first-order valence-electron chi connectivity index (χ1n) is 34.9. The van der Waals surface area contributed by atoms with Crippen molar-refractivity contribution >= 4 is 131 Å². The summed E-state index contributed by atoms with van der Waals surface area (Å²) in [5, 5.41) is 23.5. The molecule has 0 saturated heterocycles. The SMILES string of the molecule is N#Cc1ccc(-n2c3ccc(-n4c5ccccc5c5ccccc54)cc3c3cc(-n4c5ccccc5c5ccccc54)ccc32)c(-c2cc(-c3cc(C(F)(F)F)cc(C(F)(F)F)c3)ccc2-n2c3ccc(-n4c5ccccc5c5ccccc54)cc3c3cc(-n4c5ccccc5c5ccccc54)ccc32)c1. The highest BCUT2D eigenvalue weighted by Gasteiger charge is 2.38. The van der Waals surface area contributed by atoms with Crippen LogP contribution in [0.5, 0.6) is 0 Å². The van der Waals surface area contributed by atoms with Crippen LogP contribution in [0.3, 0.4) is 0 Å². The molecule has 0 atom stereocenters. The van der Waals surface area contributed by atoms with Gasteiger partial charge < -0.3 is 27.4 Å². The predicted molar refractivity (Wildman–Crippen MR) is 418 cm³/mol. The lowest BCUT2D eigenvalue weighted by Crippen LogP contribution is -2.11. The summed E-state index contributed by atoms with van der Waals surface area (Å²) in [6.07, 6.45) is -10.3. The molecule has 0 aliphatic carbocycles. The van der Waals surface area contributed by atoms with E-state index in [2.05, 4.69) is 228 Å². The third kappa shape index (κ3) is 9.00. The first-order chi connectivity index (χ1) is 51.8. The molecule has 6 heterocycles. The second kappa shape index (κ2) is 22.6. The molecule has 0 spiro atoms. The minimum Gasteiger partial charge on any atom is -0.309 e. The van der Waals surface area contributed by atoms with Crippen LogP contribution < -0.4 is 0 Å². The Hall–Kier alpha value is -13.8. The van der Waals surface area contributed by atoms with Gasteiger partial charge in [-0.3, -0.25) is 0 Å². The Morgan fingerprint density at radius 1 is 0.217 bits per heavy atom. The Labute approximate surface area is 599 Å². The normalized spacial score (nSPS) is 12.4. The van der Waals surface area contributed by atoms with Gasteiger partial charge in [0.25, 0.3) is 0 Å². The maximum Gasteiger partial charge on any atom is 0.416 e. The number of rotatable bonds is 8. The zero-order valence-corrected chi connectivity index (χ0v) is 56.0. The van der Waals surface area contributed by atoms with Crippen molar-refractivity contribution < 1.29 is 26.3 Å². The van der Waals surface area contributed by atoms with Gasteiger partial charge in [0.05, 0.1) is 100 Å². The molecule has 7 nitrogen and oxygen atoms in total. The minimum atomic E-state index is -5.13. The predicted octanol–water partition coefficient (Wildman–Crippen LogP) is 25.5. The summed E-state index contributed by atoms with van der Waals surface area (Å²) < 4.78 is 104. The first-order valence-corrected chi connectivity index (χ1v) is 34.9. The van der Waals surface area contributed by atoms with Gasteiger partial charge in [-0.15, -0.1) is 0 Å². The average Bonchev–Trinajstić information content (AvgIpc) is 1.56. The molecule has 0 amide bonds. The third-order valence-corrected chi connectivity index (χ3v) is 21.6. The molecule has 0 radical (unpaired) electrons. The van der Waals surface area contributed by atoms with E-state index in [0.29, 0.717) is 22.5 Å². The summed E-state index contributed by atoms with van der Waals surface area (Å²) in [4.78, 5) is 0. The Morgan fingerprint density at radius 2 is 0.472 bits per heavy atom. The molecular formula is C93H53F6N7. The molecular weight excluding hydrogens is 1330 g/mol. The van der Waals surface area contributed by atoms with E-state index in [1.165, 1.54) is 0 Å². The van der Waals surface area contributed by atoms with Gasteiger partial charge >= 0.3 is 12.4 Å². The summed E-state index contributed by atoms with van der Waals surface area (Å²) in [5.41, 5.74) is 14.1. The number of hydrogen-bond acceptors (Lipinski definition) is 1. The maximum absolute atomic E-state index is 15.1. The van der Waals surface area contributed by atoms with Crippen LogP contribution in [-0.2, 0) is 12.4 Å². The highest BCUT2D eigenvalue weighted by atomic mass is 19.4. The van der Waals surface area contributed by atoms with E-state index in [9.17, 15) is 5.26 Å². The van der Waals surface area contributed by atoms with Gasteiger partial charge in [0.1, 0.15) is 0 Å². The number of fused-ring (bicyclic) bond motifs is 18. The van der Waals surface area contributed by atoms with Crippen molar-refractivity contribution in [3.05, 3.63) is 338 Å². The molecule has 21 rings (SSSR count). The molecule has 0 N–H and O–H groups in total. The molecule has 13 heteroatoms. The maximum atomic E-state index is 15.1. The largest absolute Gasteiger partial charge is 0.416 e. The van der Waals surface area contributed by atoms with Crippen LogP contribution in [0.15, 0.2) is 322 Å². The number of para-hydroxylation sites is 8. The van der Waals surface area contributed by atoms with Crippen molar-refractivity contribution in [2.24, 2.45) is 0 Å². The summed E-state index contributed by atoms with van der Waals surface area (Å²) in [6.45, 7) is 0. The number of alkyl halides is 6. The van der Waals surface area contributed by atoms with Crippen molar-refractivity contribution in [1.82, 2.24) is 27.4 Å². The van der Waals surface area contributed by atoms with Crippen LogP contribution >= 0.6 is 0 Å². The van der Waals surface area contributed by atoms with Crippen LogP contribution in [0.25, 0.3) is 187 Å². The van der Waals surface area contributed by atoms with E-state index in [4.69, 9.17) is 0 Å². The van der Waals surface area contributed by atoms with E-state index in [1.54, 1.807) is 30.3 Å². The van der Waals surface area contributed by atoms with Crippen molar-refractivity contribution in [2.45, 2.75) is 12.4 Å². The van der Waals surface area contributed by atoms with E-state index in [0.717, 1.165) is 166 Å². The van der Waals surface area contributed by atoms with Gasteiger partial charge in [0, 0.05) is 98.5 Å². The summed E-state index contributed by atoms with van der Waals surface area (Å²) >= 11 is 0. The number of nitriles is 1. The zero-order valence-electron chi connectivity index (χ0n) is 56.0. The highest BCUT2D eigenvalue weighted by molar-refractivity contribution is 6.17. The van der Waals surface area contributed by atoms with Crippen molar-refractivity contribution in [1.29, 1.82) is 5.26 Å². The smallest absolute Gasteiger partial charge is 0.309 e. The number of nitrogens with zero attached hydrogens (tertiary/aromatic N) is 7. The lowest BCUT2D eigenvalue weighted by Gasteiger charge is -2.21. The van der Waals surface area contributed by atoms with Gasteiger partial charge in [-0.2, -0.15) is 31.6 Å². The summed E-state index contributed by atoms with van der Waals surface area (Å²) in [7, 11) is 0. The molecule has 0 aliphatic rings. The molecule has 6 aromatic heterocycles. The molecule has 0 bridgehead atoms. The second-order valence-corrected chi connectivity index (χ2v) is 27.3. The van der Waals surface area contributed by atoms with Gasteiger partial charge in [0.15, 0.2) is 0 Å². The number of benzene rings is 15. The monoisotopic (exact) mass is 1380 g/mol. The first kappa shape index (κ1) is 60.9. The van der Waals surface area contributed by atoms with Gasteiger partial charge in [-0.25, -0.2) is 0 Å². The highest BCUT2D eigenvalue weighted by Crippen LogP contribution is 2.48. The van der Waals surface area contributed by atoms with Gasteiger partial charge in [-0.05, 0) is 181 Å². The van der Waals surface area contributed by atoms with Crippen LogP contribution in [-0.4, -0.2) is 27.4 Å². The summed E-state index contributed by atoms with van der Waals surface area (Å²) in [5.74, 6) is 0. The topological polar surface area (TPSA) is 53.4 Å². The molecule has 21 aromatic rings. The Kier molecular flexibility index (Phi) is 13.0. The number of hydrogen-bond donors (Lipinski definition) is 0. The summed E-state index contributed by atoms with van der Waals surface area (Å²) in [6, 6.07) is 107. The van der Waals surface area contributed by atoms with Crippen molar-refractivity contribution in [3.8, 4) is 62.4 Å². The fraction of sp³-hybridized carbons (Fsp3) is 0.0215. The van der Waals surface area contributed by atoms with E-state index < -0.39 is 23.5 Å². The molecule has 0 fully saturated rings. The Balaban J connectivity index is 0.870. The Bertz CT molecular complexity index is 6820. The molecule has 15 aromatic carbocycles. The fourth-order valence-electron chi connectivity index (χ4n) is 17.1. The van der Waals surface area contributed by atoms with Crippen LogP contribution in [0.4, 0.5) is 26.3 Å². The lowest BCUT2D eigenvalue weighted by atomic mass is 9.93. The van der Waals surface area contributed by atoms with Crippen LogP contribution in [0, 0.1) is 11.3 Å². The number of aromatic nitrogens is 6. The van der Waals surface area contributed by atoms with E-state index in [1.807, 2.05) is 78.9 Å². The third-order valence-electron chi connectivity index (χ3n) is 21.6. The molecule has 0 unspecified atom stereocenters. The van der Waals surface area contributed by atoms with Gasteiger partial charge in [0.2, 0.25) is 0 Å². The molecule has 502 valence electrons. The van der Waals surface area contributed by atoms with Crippen molar-refractivity contribution in [2.75, 3.05) is 0 Å². The average molecular weight is 1380 g/mol. The molecule has 0 saturated carbocycles. The lowest BCUT2D eigenvalue weighted by molar-refractivity contribution is -0.143. The number of halogens is 6.